The lowest BCUT2D eigenvalue weighted by Crippen LogP contribution is -2.30. The lowest BCUT2D eigenvalue weighted by molar-refractivity contribution is 0.220. The van der Waals surface area contributed by atoms with Crippen LogP contribution in [0.25, 0.3) is 0 Å². The van der Waals surface area contributed by atoms with Crippen LogP contribution in [0.5, 0.6) is 0 Å². The minimum atomic E-state index is -0.232. The molecule has 2 amide bonds. The lowest BCUT2D eigenvalue weighted by atomic mass is 10.2. The summed E-state index contributed by atoms with van der Waals surface area (Å²) in [6.07, 6.45) is 3.23. The van der Waals surface area contributed by atoms with Crippen LogP contribution in [-0.4, -0.2) is 23.0 Å². The zero-order valence-electron chi connectivity index (χ0n) is 10.8. The molecular formula is C14H13Cl2N3O. The zero-order valence-corrected chi connectivity index (χ0v) is 12.3. The van der Waals surface area contributed by atoms with Gasteiger partial charge < -0.3 is 10.2 Å². The first-order valence-electron chi connectivity index (χ1n) is 5.92. The lowest BCUT2D eigenvalue weighted by Gasteiger charge is -2.18. The number of pyridine rings is 1. The van der Waals surface area contributed by atoms with E-state index in [0.29, 0.717) is 22.3 Å². The Morgan fingerprint density at radius 1 is 1.35 bits per heavy atom. The first-order valence-corrected chi connectivity index (χ1v) is 6.68. The summed E-state index contributed by atoms with van der Waals surface area (Å²) in [7, 11) is 1.69. The van der Waals surface area contributed by atoms with E-state index in [1.54, 1.807) is 49.8 Å². The molecule has 2 rings (SSSR count). The van der Waals surface area contributed by atoms with Crippen molar-refractivity contribution in [3.8, 4) is 0 Å². The first kappa shape index (κ1) is 14.6. The van der Waals surface area contributed by atoms with Crippen LogP contribution in [0.4, 0.5) is 10.5 Å². The Kier molecular flexibility index (Phi) is 4.82. The molecule has 0 atom stereocenters. The number of urea groups is 1. The van der Waals surface area contributed by atoms with Crippen molar-refractivity contribution >= 4 is 34.9 Å². The fourth-order valence-electron chi connectivity index (χ4n) is 1.63. The summed E-state index contributed by atoms with van der Waals surface area (Å²) in [6, 6.07) is 8.50. The first-order chi connectivity index (χ1) is 9.56. The van der Waals surface area contributed by atoms with Gasteiger partial charge in [0.15, 0.2) is 0 Å². The molecule has 0 aliphatic carbocycles. The van der Waals surface area contributed by atoms with Gasteiger partial charge in [0.25, 0.3) is 0 Å². The van der Waals surface area contributed by atoms with Crippen LogP contribution in [0.15, 0.2) is 42.7 Å². The molecule has 1 N–H and O–H groups in total. The van der Waals surface area contributed by atoms with Crippen LogP contribution in [0.3, 0.4) is 0 Å². The van der Waals surface area contributed by atoms with Crippen molar-refractivity contribution in [3.63, 3.8) is 0 Å². The predicted molar refractivity (Wildman–Crippen MR) is 81.2 cm³/mol. The number of rotatable bonds is 3. The molecule has 0 aliphatic heterocycles. The Morgan fingerprint density at radius 3 is 2.80 bits per heavy atom. The summed E-state index contributed by atoms with van der Waals surface area (Å²) >= 11 is 11.9. The van der Waals surface area contributed by atoms with E-state index in [0.717, 1.165) is 5.56 Å². The van der Waals surface area contributed by atoms with Crippen molar-refractivity contribution < 1.29 is 4.79 Å². The average molecular weight is 310 g/mol. The van der Waals surface area contributed by atoms with E-state index in [1.165, 1.54) is 4.90 Å². The van der Waals surface area contributed by atoms with Crippen LogP contribution in [0.2, 0.25) is 10.0 Å². The van der Waals surface area contributed by atoms with Crippen LogP contribution >= 0.6 is 23.2 Å². The average Bonchev–Trinajstić information content (AvgIpc) is 2.43. The highest BCUT2D eigenvalue weighted by Gasteiger charge is 2.11. The maximum atomic E-state index is 12.0. The maximum absolute atomic E-state index is 12.0. The monoisotopic (exact) mass is 309 g/mol. The van der Waals surface area contributed by atoms with E-state index in [4.69, 9.17) is 23.2 Å². The van der Waals surface area contributed by atoms with Gasteiger partial charge in [0.05, 0.1) is 11.9 Å². The van der Waals surface area contributed by atoms with E-state index in [2.05, 4.69) is 10.3 Å². The highest BCUT2D eigenvalue weighted by molar-refractivity contribution is 6.35. The van der Waals surface area contributed by atoms with Crippen molar-refractivity contribution in [2.75, 3.05) is 12.4 Å². The van der Waals surface area contributed by atoms with Crippen LogP contribution in [0, 0.1) is 0 Å². The molecule has 4 nitrogen and oxygen atoms in total. The summed E-state index contributed by atoms with van der Waals surface area (Å²) in [5.41, 5.74) is 1.48. The van der Waals surface area contributed by atoms with E-state index in [-0.39, 0.29) is 6.03 Å². The number of carbonyl (C=O) groups is 1. The number of carbonyl (C=O) groups excluding carboxylic acids is 1. The SMILES string of the molecule is CN(Cc1ccc(Cl)cc1Cl)C(=O)Nc1cccnc1. The zero-order chi connectivity index (χ0) is 14.5. The number of anilines is 1. The van der Waals surface area contributed by atoms with Gasteiger partial charge in [0, 0.05) is 29.8 Å². The largest absolute Gasteiger partial charge is 0.323 e. The summed E-state index contributed by atoms with van der Waals surface area (Å²) in [5.74, 6) is 0. The topological polar surface area (TPSA) is 45.2 Å². The highest BCUT2D eigenvalue weighted by Crippen LogP contribution is 2.22. The number of nitrogens with zero attached hydrogens (tertiary/aromatic N) is 2. The van der Waals surface area contributed by atoms with Gasteiger partial charge in [0.1, 0.15) is 0 Å². The number of benzene rings is 1. The second kappa shape index (κ2) is 6.59. The molecule has 1 aromatic carbocycles. The van der Waals surface area contributed by atoms with Crippen LogP contribution in [-0.2, 0) is 6.54 Å². The molecule has 1 heterocycles. The van der Waals surface area contributed by atoms with Gasteiger partial charge in [-0.15, -0.1) is 0 Å². The molecule has 2 aromatic rings. The molecule has 104 valence electrons. The molecule has 0 spiro atoms. The summed E-state index contributed by atoms with van der Waals surface area (Å²) < 4.78 is 0. The fourth-order valence-corrected chi connectivity index (χ4v) is 2.10. The molecule has 0 saturated heterocycles. The third-order valence-electron chi connectivity index (χ3n) is 2.68. The molecule has 0 bridgehead atoms. The molecule has 0 radical (unpaired) electrons. The van der Waals surface area contributed by atoms with E-state index in [1.807, 2.05) is 0 Å². The highest BCUT2D eigenvalue weighted by atomic mass is 35.5. The Bertz CT molecular complexity index is 605. The van der Waals surface area contributed by atoms with Gasteiger partial charge in [0.2, 0.25) is 0 Å². The smallest absolute Gasteiger partial charge is 0.321 e. The summed E-state index contributed by atoms with van der Waals surface area (Å²) in [6.45, 7) is 0.391. The molecule has 0 saturated carbocycles. The number of aromatic nitrogens is 1. The van der Waals surface area contributed by atoms with E-state index < -0.39 is 0 Å². The van der Waals surface area contributed by atoms with Gasteiger partial charge in [-0.05, 0) is 29.8 Å². The molecular weight excluding hydrogens is 297 g/mol. The molecule has 20 heavy (non-hydrogen) atoms. The number of hydrogen-bond donors (Lipinski definition) is 1. The van der Waals surface area contributed by atoms with E-state index in [9.17, 15) is 4.79 Å². The van der Waals surface area contributed by atoms with Crippen molar-refractivity contribution in [1.82, 2.24) is 9.88 Å². The minimum Gasteiger partial charge on any atom is -0.323 e. The van der Waals surface area contributed by atoms with Gasteiger partial charge in [-0.2, -0.15) is 0 Å². The van der Waals surface area contributed by atoms with Crippen molar-refractivity contribution in [3.05, 3.63) is 58.3 Å². The Hall–Kier alpha value is -1.78. The molecule has 0 unspecified atom stereocenters. The third-order valence-corrected chi connectivity index (χ3v) is 3.27. The van der Waals surface area contributed by atoms with Crippen molar-refractivity contribution in [2.24, 2.45) is 0 Å². The van der Waals surface area contributed by atoms with Gasteiger partial charge >= 0.3 is 6.03 Å². The number of hydrogen-bond acceptors (Lipinski definition) is 2. The number of nitrogens with one attached hydrogen (secondary N) is 1. The van der Waals surface area contributed by atoms with Crippen molar-refractivity contribution in [2.45, 2.75) is 6.54 Å². The third kappa shape index (κ3) is 3.85. The van der Waals surface area contributed by atoms with Gasteiger partial charge in [-0.1, -0.05) is 29.3 Å². The molecule has 6 heteroatoms. The maximum Gasteiger partial charge on any atom is 0.321 e. The van der Waals surface area contributed by atoms with Gasteiger partial charge in [-0.3, -0.25) is 4.98 Å². The standard InChI is InChI=1S/C14H13Cl2N3O/c1-19(9-10-4-5-11(15)7-13(10)16)14(20)18-12-3-2-6-17-8-12/h2-8H,9H2,1H3,(H,18,20). The summed E-state index contributed by atoms with van der Waals surface area (Å²) in [4.78, 5) is 17.5. The van der Waals surface area contributed by atoms with E-state index >= 15 is 0 Å². The Morgan fingerprint density at radius 2 is 2.15 bits per heavy atom. The Labute approximate surface area is 127 Å². The van der Waals surface area contributed by atoms with Gasteiger partial charge in [-0.25, -0.2) is 4.79 Å². The molecule has 0 fully saturated rings. The number of amides is 2. The molecule has 0 aliphatic rings. The predicted octanol–water partition coefficient (Wildman–Crippen LogP) is 4.05. The second-order valence-corrected chi connectivity index (χ2v) is 5.11. The molecule has 1 aromatic heterocycles. The second-order valence-electron chi connectivity index (χ2n) is 4.26. The number of halogens is 2. The van der Waals surface area contributed by atoms with Crippen LogP contribution < -0.4 is 5.32 Å². The Balaban J connectivity index is 2.00. The quantitative estimate of drug-likeness (QED) is 0.929. The normalized spacial score (nSPS) is 10.2. The van der Waals surface area contributed by atoms with Crippen LogP contribution in [0.1, 0.15) is 5.56 Å². The fraction of sp³-hybridized carbons (Fsp3) is 0.143. The summed E-state index contributed by atoms with van der Waals surface area (Å²) in [5, 5.41) is 3.86. The minimum absolute atomic E-state index is 0.232. The van der Waals surface area contributed by atoms with Crippen molar-refractivity contribution in [1.29, 1.82) is 0 Å².